The SMILES string of the molecule is CC(=O)NC(=O)c1cc(C(F)(F)F)cc(C(F)(F)F)c1. The van der Waals surface area contributed by atoms with Gasteiger partial charge in [0.2, 0.25) is 5.91 Å². The van der Waals surface area contributed by atoms with Gasteiger partial charge in [-0.05, 0) is 18.2 Å². The van der Waals surface area contributed by atoms with Crippen LogP contribution in [0.25, 0.3) is 0 Å². The summed E-state index contributed by atoms with van der Waals surface area (Å²) in [4.78, 5) is 22.0. The summed E-state index contributed by atoms with van der Waals surface area (Å²) in [6.07, 6.45) is -10.1. The second-order valence-electron chi connectivity index (χ2n) is 3.80. The molecule has 1 rings (SSSR count). The Morgan fingerprint density at radius 1 is 0.900 bits per heavy atom. The Morgan fingerprint density at radius 2 is 1.30 bits per heavy atom. The summed E-state index contributed by atoms with van der Waals surface area (Å²) in [6.45, 7) is 0.899. The molecule has 0 aliphatic rings. The minimum Gasteiger partial charge on any atom is -0.293 e. The van der Waals surface area contributed by atoms with Crippen LogP contribution in [0.5, 0.6) is 0 Å². The fourth-order valence-electron chi connectivity index (χ4n) is 1.32. The number of alkyl halides is 6. The number of hydrogen-bond donors (Lipinski definition) is 1. The first-order valence-corrected chi connectivity index (χ1v) is 5.02. The average molecular weight is 299 g/mol. The molecule has 0 aromatic heterocycles. The molecule has 0 fully saturated rings. The van der Waals surface area contributed by atoms with Crippen molar-refractivity contribution in [1.29, 1.82) is 0 Å². The maximum absolute atomic E-state index is 12.5. The maximum atomic E-state index is 12.5. The zero-order chi connectivity index (χ0) is 15.7. The monoisotopic (exact) mass is 299 g/mol. The summed E-state index contributed by atoms with van der Waals surface area (Å²) >= 11 is 0. The van der Waals surface area contributed by atoms with Gasteiger partial charge in [0.25, 0.3) is 5.91 Å². The summed E-state index contributed by atoms with van der Waals surface area (Å²) in [5.74, 6) is -2.24. The largest absolute Gasteiger partial charge is 0.416 e. The first kappa shape index (κ1) is 16.0. The predicted molar refractivity (Wildman–Crippen MR) is 54.6 cm³/mol. The molecule has 0 heterocycles. The second-order valence-corrected chi connectivity index (χ2v) is 3.80. The lowest BCUT2D eigenvalue weighted by Gasteiger charge is -2.13. The van der Waals surface area contributed by atoms with E-state index in [4.69, 9.17) is 0 Å². The van der Waals surface area contributed by atoms with Gasteiger partial charge in [-0.3, -0.25) is 14.9 Å². The second kappa shape index (κ2) is 5.14. The Balaban J connectivity index is 3.38. The summed E-state index contributed by atoms with van der Waals surface area (Å²) < 4.78 is 75.0. The van der Waals surface area contributed by atoms with Gasteiger partial charge in [-0.2, -0.15) is 26.3 Å². The van der Waals surface area contributed by atoms with E-state index < -0.39 is 40.9 Å². The van der Waals surface area contributed by atoms with E-state index in [9.17, 15) is 35.9 Å². The van der Waals surface area contributed by atoms with Crippen LogP contribution in [-0.4, -0.2) is 11.8 Å². The number of amides is 2. The molecular formula is C11H7F6NO2. The Morgan fingerprint density at radius 3 is 1.60 bits per heavy atom. The molecule has 0 unspecified atom stereocenters. The third kappa shape index (κ3) is 3.97. The number of halogens is 6. The van der Waals surface area contributed by atoms with E-state index in [2.05, 4.69) is 0 Å². The highest BCUT2D eigenvalue weighted by atomic mass is 19.4. The fourth-order valence-corrected chi connectivity index (χ4v) is 1.32. The molecule has 0 spiro atoms. The van der Waals surface area contributed by atoms with Crippen LogP contribution in [-0.2, 0) is 17.1 Å². The topological polar surface area (TPSA) is 46.2 Å². The zero-order valence-corrected chi connectivity index (χ0v) is 9.82. The summed E-state index contributed by atoms with van der Waals surface area (Å²) in [6, 6.07) is 0.381. The maximum Gasteiger partial charge on any atom is 0.416 e. The normalized spacial score (nSPS) is 12.2. The number of nitrogens with one attached hydrogen (secondary N) is 1. The molecule has 0 radical (unpaired) electrons. The van der Waals surface area contributed by atoms with Gasteiger partial charge in [-0.25, -0.2) is 0 Å². The lowest BCUT2D eigenvalue weighted by Crippen LogP contribution is -2.28. The van der Waals surface area contributed by atoms with Crippen LogP contribution in [0.15, 0.2) is 18.2 Å². The Bertz CT molecular complexity index is 515. The fraction of sp³-hybridized carbons (Fsp3) is 0.273. The lowest BCUT2D eigenvalue weighted by molar-refractivity contribution is -0.143. The summed E-state index contributed by atoms with van der Waals surface area (Å²) in [7, 11) is 0. The van der Waals surface area contributed by atoms with Crippen LogP contribution in [0.4, 0.5) is 26.3 Å². The third-order valence-corrected chi connectivity index (χ3v) is 2.14. The predicted octanol–water partition coefficient (Wildman–Crippen LogP) is 3.00. The first-order valence-electron chi connectivity index (χ1n) is 5.02. The van der Waals surface area contributed by atoms with Crippen molar-refractivity contribution in [2.24, 2.45) is 0 Å². The van der Waals surface area contributed by atoms with Crippen molar-refractivity contribution in [2.75, 3.05) is 0 Å². The molecule has 0 saturated heterocycles. The molecule has 3 nitrogen and oxygen atoms in total. The van der Waals surface area contributed by atoms with E-state index in [1.165, 1.54) is 0 Å². The molecule has 1 aromatic carbocycles. The van der Waals surface area contributed by atoms with E-state index >= 15 is 0 Å². The average Bonchev–Trinajstić information content (AvgIpc) is 2.25. The third-order valence-electron chi connectivity index (χ3n) is 2.14. The van der Waals surface area contributed by atoms with Gasteiger partial charge in [0.15, 0.2) is 0 Å². The number of carbonyl (C=O) groups is 2. The highest BCUT2D eigenvalue weighted by Crippen LogP contribution is 2.36. The molecule has 2 amide bonds. The molecule has 0 saturated carbocycles. The number of carbonyl (C=O) groups excluding carboxylic acids is 2. The molecule has 0 atom stereocenters. The number of benzene rings is 1. The van der Waals surface area contributed by atoms with Crippen LogP contribution in [0.2, 0.25) is 0 Å². The standard InChI is InChI=1S/C11H7F6NO2/c1-5(19)18-9(20)6-2-7(10(12,13)14)4-8(3-6)11(15,16)17/h2-4H,1H3,(H,18,19,20). The summed E-state index contributed by atoms with van der Waals surface area (Å²) in [5, 5.41) is 1.60. The molecular weight excluding hydrogens is 292 g/mol. The van der Waals surface area contributed by atoms with Gasteiger partial charge in [0.1, 0.15) is 0 Å². The number of imide groups is 1. The molecule has 0 bridgehead atoms. The van der Waals surface area contributed by atoms with Crippen molar-refractivity contribution in [1.82, 2.24) is 5.32 Å². The van der Waals surface area contributed by atoms with Gasteiger partial charge in [0, 0.05) is 12.5 Å². The van der Waals surface area contributed by atoms with Crippen molar-refractivity contribution in [3.8, 4) is 0 Å². The highest BCUT2D eigenvalue weighted by Gasteiger charge is 2.37. The van der Waals surface area contributed by atoms with Crippen molar-refractivity contribution in [2.45, 2.75) is 19.3 Å². The van der Waals surface area contributed by atoms with Gasteiger partial charge >= 0.3 is 12.4 Å². The highest BCUT2D eigenvalue weighted by molar-refractivity contribution is 6.04. The number of hydrogen-bond acceptors (Lipinski definition) is 2. The quantitative estimate of drug-likeness (QED) is 0.810. The van der Waals surface area contributed by atoms with Crippen LogP contribution in [0.3, 0.4) is 0 Å². The smallest absolute Gasteiger partial charge is 0.293 e. The lowest BCUT2D eigenvalue weighted by atomic mass is 10.0. The van der Waals surface area contributed by atoms with Crippen molar-refractivity contribution in [3.63, 3.8) is 0 Å². The van der Waals surface area contributed by atoms with Crippen molar-refractivity contribution < 1.29 is 35.9 Å². The van der Waals surface area contributed by atoms with E-state index in [1.807, 2.05) is 0 Å². The number of rotatable bonds is 1. The molecule has 1 N–H and O–H groups in total. The van der Waals surface area contributed by atoms with Crippen LogP contribution in [0.1, 0.15) is 28.4 Å². The van der Waals surface area contributed by atoms with E-state index in [0.29, 0.717) is 0 Å². The van der Waals surface area contributed by atoms with Crippen LogP contribution >= 0.6 is 0 Å². The zero-order valence-electron chi connectivity index (χ0n) is 9.82. The minimum absolute atomic E-state index is 0.107. The van der Waals surface area contributed by atoms with Crippen molar-refractivity contribution >= 4 is 11.8 Å². The first-order chi connectivity index (χ1) is 8.91. The molecule has 20 heavy (non-hydrogen) atoms. The van der Waals surface area contributed by atoms with Gasteiger partial charge in [-0.1, -0.05) is 0 Å². The molecule has 0 aliphatic heterocycles. The Labute approximate surface area is 108 Å². The van der Waals surface area contributed by atoms with Gasteiger partial charge < -0.3 is 0 Å². The van der Waals surface area contributed by atoms with E-state index in [0.717, 1.165) is 6.92 Å². The van der Waals surface area contributed by atoms with Gasteiger partial charge in [0.05, 0.1) is 11.1 Å². The Hall–Kier alpha value is -2.06. The summed E-state index contributed by atoms with van der Waals surface area (Å²) in [5.41, 5.74) is -4.15. The van der Waals surface area contributed by atoms with E-state index in [1.54, 1.807) is 5.32 Å². The minimum atomic E-state index is -5.05. The van der Waals surface area contributed by atoms with Crippen molar-refractivity contribution in [3.05, 3.63) is 34.9 Å². The molecule has 1 aromatic rings. The molecule has 0 aliphatic carbocycles. The molecule has 9 heteroatoms. The molecule has 110 valence electrons. The van der Waals surface area contributed by atoms with Gasteiger partial charge in [-0.15, -0.1) is 0 Å². The Kier molecular flexibility index (Phi) is 4.11. The van der Waals surface area contributed by atoms with Crippen LogP contribution in [0, 0.1) is 0 Å². The van der Waals surface area contributed by atoms with Crippen LogP contribution < -0.4 is 5.32 Å². The van der Waals surface area contributed by atoms with E-state index in [-0.39, 0.29) is 18.2 Å².